The first-order valence-corrected chi connectivity index (χ1v) is 3.83. The van der Waals surface area contributed by atoms with Crippen molar-refractivity contribution < 1.29 is 32.7 Å². The van der Waals surface area contributed by atoms with E-state index in [0.29, 0.717) is 0 Å². The van der Waals surface area contributed by atoms with E-state index in [9.17, 15) is 0 Å². The molecule has 41 valence electrons. The van der Waals surface area contributed by atoms with Gasteiger partial charge in [0.05, 0.1) is 0 Å². The molecule has 0 aromatic rings. The van der Waals surface area contributed by atoms with Crippen LogP contribution in [-0.4, -0.2) is 12.3 Å². The van der Waals surface area contributed by atoms with Gasteiger partial charge in [-0.25, -0.2) is 0 Å². The van der Waals surface area contributed by atoms with Gasteiger partial charge in [-0.3, -0.25) is 0 Å². The van der Waals surface area contributed by atoms with E-state index in [1.807, 2.05) is 0 Å². The molecule has 1 unspecified atom stereocenters. The molecule has 1 atom stereocenters. The van der Waals surface area contributed by atoms with Gasteiger partial charge in [-0.15, -0.1) is 0 Å². The van der Waals surface area contributed by atoms with Crippen molar-refractivity contribution in [3.8, 4) is 0 Å². The zero-order valence-corrected chi connectivity index (χ0v) is 8.74. The second kappa shape index (κ2) is 10.5. The molecule has 0 aromatic carbocycles. The number of hydrogen-bond acceptors (Lipinski definition) is 0. The van der Waals surface area contributed by atoms with Crippen LogP contribution >= 0.6 is 8.58 Å². The molecule has 1 radical (unpaired) electrons. The summed E-state index contributed by atoms with van der Waals surface area (Å²) in [6, 6.07) is 0. The molecule has 0 aliphatic carbocycles. The molecule has 0 bridgehead atoms. The van der Waals surface area contributed by atoms with Crippen molar-refractivity contribution in [2.45, 2.75) is 13.3 Å². The van der Waals surface area contributed by atoms with E-state index >= 15 is 0 Å². The maximum Gasteiger partial charge on any atom is 0 e. The average molecular weight is 192 g/mol. The number of hydrogen-bond donors (Lipinski definition) is 0. The summed E-state index contributed by atoms with van der Waals surface area (Å²) in [5, 5.41) is 0. The smallest absolute Gasteiger partial charge is 0 e. The molecule has 0 N–H and O–H groups in total. The summed E-state index contributed by atoms with van der Waals surface area (Å²) in [6.45, 7) is 5.95. The van der Waals surface area contributed by atoms with Gasteiger partial charge in [0.1, 0.15) is 0 Å². The van der Waals surface area contributed by atoms with Gasteiger partial charge in [0.25, 0.3) is 0 Å². The van der Waals surface area contributed by atoms with E-state index in [0.717, 1.165) is 14.7 Å². The summed E-state index contributed by atoms with van der Waals surface area (Å²) in [5.41, 5.74) is 0. The van der Waals surface area contributed by atoms with Crippen LogP contribution in [0.4, 0.5) is 0 Å². The zero-order chi connectivity index (χ0) is 4.83. The van der Waals surface area contributed by atoms with Crippen LogP contribution < -0.4 is 0 Å². The van der Waals surface area contributed by atoms with E-state index in [2.05, 4.69) is 13.8 Å². The minimum Gasteiger partial charge on any atom is -0.339 e. The van der Waals surface area contributed by atoms with Gasteiger partial charge in [-0.1, -0.05) is 13.3 Å². The van der Waals surface area contributed by atoms with Crippen molar-refractivity contribution in [3.63, 3.8) is 0 Å². The van der Waals surface area contributed by atoms with Crippen molar-refractivity contribution in [2.24, 2.45) is 0 Å². The molecular weight excluding hydrogens is 180 g/mol. The summed E-state index contributed by atoms with van der Waals surface area (Å²) in [5.74, 6) is 0. The van der Waals surface area contributed by atoms with Crippen LogP contribution in [0.3, 0.4) is 0 Å². The minimum absolute atomic E-state index is 0. The van der Waals surface area contributed by atoms with Gasteiger partial charge in [-0.2, -0.15) is 14.7 Å². The first-order valence-electron chi connectivity index (χ1n) is 2.41. The predicted molar refractivity (Wildman–Crippen MR) is 33.7 cm³/mol. The topological polar surface area (TPSA) is 0 Å². The molecule has 0 aliphatic rings. The molecule has 2 heteroatoms. The van der Waals surface area contributed by atoms with Gasteiger partial charge >= 0.3 is 0 Å². The molecule has 0 spiro atoms. The van der Waals surface area contributed by atoms with Crippen LogP contribution in [0, 0.1) is 6.92 Å². The summed E-state index contributed by atoms with van der Waals surface area (Å²) in [7, 11) is 1.10. The van der Waals surface area contributed by atoms with Crippen molar-refractivity contribution in [2.75, 3.05) is 12.3 Å². The first kappa shape index (κ1) is 11.3. The largest absolute Gasteiger partial charge is 0.339 e. The second-order valence-corrected chi connectivity index (χ2v) is 2.75. The third-order valence-electron chi connectivity index (χ3n) is 0.604. The van der Waals surface area contributed by atoms with E-state index in [1.165, 1.54) is 12.6 Å². The van der Waals surface area contributed by atoms with E-state index in [-0.39, 0.29) is 32.7 Å². The van der Waals surface area contributed by atoms with Crippen molar-refractivity contribution >= 4 is 8.58 Å². The SMILES string of the molecule is [CH2-]CPCCC.[Y]. The van der Waals surface area contributed by atoms with Crippen LogP contribution in [0.2, 0.25) is 0 Å². The molecule has 0 heterocycles. The fourth-order valence-electron chi connectivity index (χ4n) is 0.302. The second-order valence-electron chi connectivity index (χ2n) is 1.25. The van der Waals surface area contributed by atoms with Crippen molar-refractivity contribution in [3.05, 3.63) is 6.92 Å². The summed E-state index contributed by atoms with van der Waals surface area (Å²) >= 11 is 0. The maximum absolute atomic E-state index is 3.74. The Morgan fingerprint density at radius 1 is 1.57 bits per heavy atom. The maximum atomic E-state index is 3.74. The Bertz CT molecular complexity index is 20.0. The molecule has 0 saturated heterocycles. The van der Waals surface area contributed by atoms with Crippen LogP contribution in [-0.2, 0) is 32.7 Å². The Balaban J connectivity index is 0. The minimum atomic E-state index is 0. The average Bonchev–Trinajstić information content (AvgIpc) is 1.61. The van der Waals surface area contributed by atoms with Gasteiger partial charge in [0.2, 0.25) is 0 Å². The van der Waals surface area contributed by atoms with Gasteiger partial charge in [0.15, 0.2) is 0 Å². The van der Waals surface area contributed by atoms with Crippen LogP contribution in [0.15, 0.2) is 0 Å². The van der Waals surface area contributed by atoms with Gasteiger partial charge in [0, 0.05) is 32.7 Å². The molecular formula is C5H12PY-. The molecule has 0 amide bonds. The summed E-state index contributed by atoms with van der Waals surface area (Å²) < 4.78 is 0. The normalized spacial score (nSPS) is 9.43. The summed E-state index contributed by atoms with van der Waals surface area (Å²) in [6.07, 6.45) is 3.84. The van der Waals surface area contributed by atoms with Gasteiger partial charge < -0.3 is 6.92 Å². The Morgan fingerprint density at radius 3 is 2.29 bits per heavy atom. The Labute approximate surface area is 73.5 Å². The number of rotatable bonds is 3. The standard InChI is InChI=1S/C5H12P.Y/c1-3-5-6-4-2;/h6H,2-5H2,1H3;/q-1;. The van der Waals surface area contributed by atoms with E-state index in [1.54, 1.807) is 0 Å². The van der Waals surface area contributed by atoms with Crippen molar-refractivity contribution in [1.82, 2.24) is 0 Å². The Hall–Kier alpha value is 1.53. The van der Waals surface area contributed by atoms with Crippen molar-refractivity contribution in [1.29, 1.82) is 0 Å². The molecule has 7 heavy (non-hydrogen) atoms. The monoisotopic (exact) mass is 192 g/mol. The zero-order valence-electron chi connectivity index (χ0n) is 4.91. The molecule has 0 saturated carbocycles. The molecule has 0 nitrogen and oxygen atoms in total. The third kappa shape index (κ3) is 11.2. The van der Waals surface area contributed by atoms with Crippen LogP contribution in [0.25, 0.3) is 0 Å². The fourth-order valence-corrected chi connectivity index (χ4v) is 0.905. The van der Waals surface area contributed by atoms with Crippen LogP contribution in [0.1, 0.15) is 13.3 Å². The summed E-state index contributed by atoms with van der Waals surface area (Å²) in [4.78, 5) is 0. The molecule has 0 rings (SSSR count). The molecule has 0 aromatic heterocycles. The van der Waals surface area contributed by atoms with E-state index < -0.39 is 0 Å². The van der Waals surface area contributed by atoms with Gasteiger partial charge in [-0.05, 0) is 6.16 Å². The first-order chi connectivity index (χ1) is 2.91. The Morgan fingerprint density at radius 2 is 2.14 bits per heavy atom. The predicted octanol–water partition coefficient (Wildman–Crippen LogP) is 1.91. The van der Waals surface area contributed by atoms with Crippen LogP contribution in [0.5, 0.6) is 0 Å². The quantitative estimate of drug-likeness (QED) is 0.364. The Kier molecular flexibility index (Phi) is 17.0. The third-order valence-corrected chi connectivity index (χ3v) is 1.81. The molecule has 0 fully saturated rings. The fraction of sp³-hybridized carbons (Fsp3) is 0.800. The van der Waals surface area contributed by atoms with E-state index in [4.69, 9.17) is 0 Å². The molecule has 0 aliphatic heterocycles.